The first-order chi connectivity index (χ1) is 14.0. The molecular formula is C22H30N2O5. The zero-order chi connectivity index (χ0) is 21.1. The van der Waals surface area contributed by atoms with Crippen LogP contribution >= 0.6 is 0 Å². The van der Waals surface area contributed by atoms with Gasteiger partial charge in [0.25, 0.3) is 0 Å². The first-order valence-electron chi connectivity index (χ1n) is 10.1. The van der Waals surface area contributed by atoms with Gasteiger partial charge in [0.05, 0.1) is 18.6 Å². The standard InChI is InChI=1S/C22H30N2O5/c1-16(14-25)23-20(26)13-18-11-5-2-3-8-12-21(27)29-15-19(24-22(18)28)17-9-6-4-7-10-17/h2,4-7,9-10,16,18-19,25H,3,8,11-15H2,1H3,(H,23,26)(H,24,28). The summed E-state index contributed by atoms with van der Waals surface area (Å²) in [6.45, 7) is 1.58. The molecule has 7 heteroatoms. The van der Waals surface area contributed by atoms with Crippen molar-refractivity contribution >= 4 is 17.8 Å². The average molecular weight is 402 g/mol. The average Bonchev–Trinajstić information content (AvgIpc) is 2.73. The second-order valence-electron chi connectivity index (χ2n) is 7.31. The summed E-state index contributed by atoms with van der Waals surface area (Å²) in [5.41, 5.74) is 0.830. The van der Waals surface area contributed by atoms with Gasteiger partial charge >= 0.3 is 5.97 Å². The van der Waals surface area contributed by atoms with Gasteiger partial charge in [-0.05, 0) is 31.7 Å². The summed E-state index contributed by atoms with van der Waals surface area (Å²) in [6, 6.07) is 8.45. The highest BCUT2D eigenvalue weighted by Crippen LogP contribution is 2.18. The molecule has 1 aliphatic heterocycles. The number of nitrogens with one attached hydrogen (secondary N) is 2. The Kier molecular flexibility index (Phi) is 9.37. The summed E-state index contributed by atoms with van der Waals surface area (Å²) in [4.78, 5) is 37.2. The number of allylic oxidation sites excluding steroid dienone is 2. The fraction of sp³-hybridized carbons (Fsp3) is 0.500. The number of amides is 2. The number of aliphatic hydroxyl groups excluding tert-OH is 1. The molecule has 3 unspecified atom stereocenters. The second kappa shape index (κ2) is 12.0. The minimum Gasteiger partial charge on any atom is -0.463 e. The number of carbonyl (C=O) groups excluding carboxylic acids is 3. The van der Waals surface area contributed by atoms with Crippen LogP contribution in [-0.2, 0) is 19.1 Å². The number of rotatable bonds is 5. The molecule has 0 saturated heterocycles. The van der Waals surface area contributed by atoms with E-state index in [4.69, 9.17) is 9.84 Å². The SMILES string of the molecule is CC(CO)NC(=O)CC1CC=CCCCC(=O)OCC(c2ccccc2)NC1=O. The smallest absolute Gasteiger partial charge is 0.305 e. The van der Waals surface area contributed by atoms with Crippen molar-refractivity contribution in [3.05, 3.63) is 48.0 Å². The maximum absolute atomic E-state index is 13.0. The van der Waals surface area contributed by atoms with Crippen LogP contribution in [0.1, 0.15) is 50.6 Å². The molecule has 0 bridgehead atoms. The van der Waals surface area contributed by atoms with E-state index in [9.17, 15) is 14.4 Å². The van der Waals surface area contributed by atoms with E-state index in [0.717, 1.165) is 5.56 Å². The van der Waals surface area contributed by atoms with Crippen molar-refractivity contribution in [3.8, 4) is 0 Å². The quantitative estimate of drug-likeness (QED) is 0.516. The Labute approximate surface area is 171 Å². The molecular weight excluding hydrogens is 372 g/mol. The Morgan fingerprint density at radius 3 is 2.76 bits per heavy atom. The number of carbonyl (C=O) groups is 3. The molecule has 0 aliphatic carbocycles. The number of hydrogen-bond acceptors (Lipinski definition) is 5. The molecule has 0 fully saturated rings. The summed E-state index contributed by atoms with van der Waals surface area (Å²) < 4.78 is 5.37. The summed E-state index contributed by atoms with van der Waals surface area (Å²) in [5.74, 6) is -1.40. The molecule has 0 radical (unpaired) electrons. The fourth-order valence-electron chi connectivity index (χ4n) is 3.07. The van der Waals surface area contributed by atoms with Crippen molar-refractivity contribution < 1.29 is 24.2 Å². The fourth-order valence-corrected chi connectivity index (χ4v) is 3.07. The molecule has 0 aromatic heterocycles. The third-order valence-corrected chi connectivity index (χ3v) is 4.75. The molecule has 7 nitrogen and oxygen atoms in total. The normalized spacial score (nSPS) is 22.3. The highest BCUT2D eigenvalue weighted by molar-refractivity contribution is 5.86. The van der Waals surface area contributed by atoms with E-state index in [2.05, 4.69) is 10.6 Å². The van der Waals surface area contributed by atoms with Gasteiger partial charge in [-0.2, -0.15) is 0 Å². The molecule has 158 valence electrons. The van der Waals surface area contributed by atoms with Gasteiger partial charge in [-0.15, -0.1) is 0 Å². The minimum absolute atomic E-state index is 0.0157. The van der Waals surface area contributed by atoms with Gasteiger partial charge in [-0.25, -0.2) is 0 Å². The Bertz CT molecular complexity index is 704. The molecule has 1 heterocycles. The van der Waals surface area contributed by atoms with Crippen molar-refractivity contribution in [2.45, 2.75) is 51.1 Å². The summed E-state index contributed by atoms with van der Waals surface area (Å²) in [6.07, 6.45) is 5.95. The van der Waals surface area contributed by atoms with Crippen LogP contribution < -0.4 is 10.6 Å². The molecule has 29 heavy (non-hydrogen) atoms. The zero-order valence-corrected chi connectivity index (χ0v) is 16.8. The molecule has 3 N–H and O–H groups in total. The van der Waals surface area contributed by atoms with Gasteiger partial charge in [0.2, 0.25) is 11.8 Å². The van der Waals surface area contributed by atoms with Crippen LogP contribution in [0.4, 0.5) is 0 Å². The van der Waals surface area contributed by atoms with Gasteiger partial charge < -0.3 is 20.5 Å². The van der Waals surface area contributed by atoms with Crippen molar-refractivity contribution in [3.63, 3.8) is 0 Å². The molecule has 1 aromatic carbocycles. The molecule has 3 atom stereocenters. The van der Waals surface area contributed by atoms with Crippen molar-refractivity contribution in [1.82, 2.24) is 10.6 Å². The number of hydrogen-bond donors (Lipinski definition) is 3. The van der Waals surface area contributed by atoms with Crippen LogP contribution in [-0.4, -0.2) is 42.1 Å². The lowest BCUT2D eigenvalue weighted by Crippen LogP contribution is -2.40. The van der Waals surface area contributed by atoms with Crippen LogP contribution in [0, 0.1) is 5.92 Å². The van der Waals surface area contributed by atoms with E-state index in [1.807, 2.05) is 42.5 Å². The summed E-state index contributed by atoms with van der Waals surface area (Å²) in [5, 5.41) is 14.7. The Hall–Kier alpha value is -2.67. The predicted octanol–water partition coefficient (Wildman–Crippen LogP) is 2.02. The summed E-state index contributed by atoms with van der Waals surface area (Å²) in [7, 11) is 0. The summed E-state index contributed by atoms with van der Waals surface area (Å²) >= 11 is 0. The van der Waals surface area contributed by atoms with Crippen molar-refractivity contribution in [2.24, 2.45) is 5.92 Å². The van der Waals surface area contributed by atoms with Gasteiger partial charge in [0, 0.05) is 18.9 Å². The van der Waals surface area contributed by atoms with Crippen molar-refractivity contribution in [2.75, 3.05) is 13.2 Å². The third kappa shape index (κ3) is 8.07. The van der Waals surface area contributed by atoms with E-state index >= 15 is 0 Å². The Morgan fingerprint density at radius 1 is 1.28 bits per heavy atom. The molecule has 0 spiro atoms. The molecule has 0 saturated carbocycles. The second-order valence-corrected chi connectivity index (χ2v) is 7.31. The maximum Gasteiger partial charge on any atom is 0.305 e. The molecule has 1 aromatic rings. The van der Waals surface area contributed by atoms with Gasteiger partial charge in [0.1, 0.15) is 6.61 Å². The van der Waals surface area contributed by atoms with Crippen LogP contribution in [0.25, 0.3) is 0 Å². The lowest BCUT2D eigenvalue weighted by atomic mass is 9.97. The van der Waals surface area contributed by atoms with E-state index in [0.29, 0.717) is 25.7 Å². The number of benzene rings is 1. The minimum atomic E-state index is -0.556. The van der Waals surface area contributed by atoms with Crippen LogP contribution in [0.2, 0.25) is 0 Å². The predicted molar refractivity (Wildman–Crippen MR) is 109 cm³/mol. The number of esters is 1. The van der Waals surface area contributed by atoms with Gasteiger partial charge in [-0.3, -0.25) is 14.4 Å². The van der Waals surface area contributed by atoms with Gasteiger partial charge in [-0.1, -0.05) is 42.5 Å². The Morgan fingerprint density at radius 2 is 2.03 bits per heavy atom. The highest BCUT2D eigenvalue weighted by atomic mass is 16.5. The van der Waals surface area contributed by atoms with Gasteiger partial charge in [0.15, 0.2) is 0 Å². The highest BCUT2D eigenvalue weighted by Gasteiger charge is 2.25. The van der Waals surface area contributed by atoms with E-state index < -0.39 is 12.0 Å². The van der Waals surface area contributed by atoms with Crippen LogP contribution in [0.5, 0.6) is 0 Å². The first kappa shape index (κ1) is 22.6. The van der Waals surface area contributed by atoms with E-state index in [1.54, 1.807) is 6.92 Å². The third-order valence-electron chi connectivity index (χ3n) is 4.75. The maximum atomic E-state index is 13.0. The topological polar surface area (TPSA) is 105 Å². The van der Waals surface area contributed by atoms with Crippen molar-refractivity contribution in [1.29, 1.82) is 0 Å². The Balaban J connectivity index is 2.16. The molecule has 2 amide bonds. The number of aliphatic hydroxyl groups is 1. The lowest BCUT2D eigenvalue weighted by Gasteiger charge is -2.23. The first-order valence-corrected chi connectivity index (χ1v) is 10.1. The number of cyclic esters (lactones) is 1. The zero-order valence-electron chi connectivity index (χ0n) is 16.8. The molecule has 2 rings (SSSR count). The van der Waals surface area contributed by atoms with Crippen LogP contribution in [0.3, 0.4) is 0 Å². The lowest BCUT2D eigenvalue weighted by molar-refractivity contribution is -0.145. The molecule has 1 aliphatic rings. The van der Waals surface area contributed by atoms with E-state index in [-0.39, 0.29) is 43.5 Å². The monoisotopic (exact) mass is 402 g/mol. The number of ether oxygens (including phenoxy) is 1. The largest absolute Gasteiger partial charge is 0.463 e. The van der Waals surface area contributed by atoms with Crippen LogP contribution in [0.15, 0.2) is 42.5 Å². The van der Waals surface area contributed by atoms with E-state index in [1.165, 1.54) is 0 Å².